The Hall–Kier alpha value is -1.53. The highest BCUT2D eigenvalue weighted by Crippen LogP contribution is 2.32. The van der Waals surface area contributed by atoms with Crippen LogP contribution in [0.3, 0.4) is 0 Å². The molecule has 2 rings (SSSR count). The van der Waals surface area contributed by atoms with Crippen LogP contribution >= 0.6 is 11.6 Å². The van der Waals surface area contributed by atoms with E-state index in [9.17, 15) is 18.0 Å². The third kappa shape index (κ3) is 4.24. The van der Waals surface area contributed by atoms with E-state index in [4.69, 9.17) is 11.6 Å². The van der Waals surface area contributed by atoms with Crippen molar-refractivity contribution in [3.63, 3.8) is 0 Å². The maximum atomic E-state index is 12.7. The molecule has 1 saturated heterocycles. The Bertz CT molecular complexity index is 579. The van der Waals surface area contributed by atoms with Gasteiger partial charge >= 0.3 is 6.18 Å². The lowest BCUT2D eigenvalue weighted by molar-refractivity contribution is -0.137. The number of rotatable bonds is 2. The number of alkyl halides is 3. The van der Waals surface area contributed by atoms with Gasteiger partial charge in [-0.25, -0.2) is 0 Å². The van der Waals surface area contributed by atoms with Gasteiger partial charge in [-0.15, -0.1) is 0 Å². The first-order chi connectivity index (χ1) is 10.3. The topological polar surface area (TPSA) is 23.6 Å². The Morgan fingerprint density at radius 2 is 1.86 bits per heavy atom. The molecule has 1 aliphatic heterocycles. The zero-order valence-electron chi connectivity index (χ0n) is 12.0. The highest BCUT2D eigenvalue weighted by molar-refractivity contribution is 6.32. The summed E-state index contributed by atoms with van der Waals surface area (Å²) in [5, 5.41) is 0.176. The third-order valence-corrected chi connectivity index (χ3v) is 3.89. The Labute approximate surface area is 132 Å². The number of hydrogen-bond donors (Lipinski definition) is 0. The molecular formula is C15H16ClF3N2O. The monoisotopic (exact) mass is 332 g/mol. The van der Waals surface area contributed by atoms with Crippen molar-refractivity contribution in [2.75, 3.05) is 33.2 Å². The predicted molar refractivity (Wildman–Crippen MR) is 79.6 cm³/mol. The zero-order chi connectivity index (χ0) is 16.3. The number of likely N-dealkylation sites (N-methyl/N-ethyl adjacent to an activating group) is 1. The molecule has 0 aromatic heterocycles. The van der Waals surface area contributed by atoms with E-state index in [1.54, 1.807) is 4.90 Å². The van der Waals surface area contributed by atoms with Gasteiger partial charge in [0.15, 0.2) is 0 Å². The molecule has 0 aliphatic carbocycles. The molecule has 1 heterocycles. The molecule has 120 valence electrons. The second-order valence-corrected chi connectivity index (χ2v) is 5.60. The second kappa shape index (κ2) is 6.71. The fraction of sp³-hybridized carbons (Fsp3) is 0.400. The highest BCUT2D eigenvalue weighted by Gasteiger charge is 2.30. The van der Waals surface area contributed by atoms with Gasteiger partial charge in [0.1, 0.15) is 0 Å². The zero-order valence-corrected chi connectivity index (χ0v) is 12.8. The Balaban J connectivity index is 2.11. The molecule has 7 heteroatoms. The van der Waals surface area contributed by atoms with Gasteiger partial charge in [-0.2, -0.15) is 13.2 Å². The molecule has 0 N–H and O–H groups in total. The van der Waals surface area contributed by atoms with Gasteiger partial charge < -0.3 is 9.80 Å². The summed E-state index contributed by atoms with van der Waals surface area (Å²) in [7, 11) is 1.97. The summed E-state index contributed by atoms with van der Waals surface area (Å²) in [5.74, 6) is -0.221. The standard InChI is InChI=1S/C15H16ClF3N2O/c1-20-6-8-21(9-7-20)14(22)5-2-11-10-12(15(17,18)19)3-4-13(11)16/h2-5,10H,6-9H2,1H3. The molecule has 1 fully saturated rings. The van der Waals surface area contributed by atoms with Gasteiger partial charge in [-0.1, -0.05) is 11.6 Å². The van der Waals surface area contributed by atoms with E-state index in [1.807, 2.05) is 7.05 Å². The summed E-state index contributed by atoms with van der Waals surface area (Å²) in [4.78, 5) is 15.8. The van der Waals surface area contributed by atoms with Crippen molar-refractivity contribution in [3.8, 4) is 0 Å². The van der Waals surface area contributed by atoms with Crippen LogP contribution in [-0.4, -0.2) is 48.9 Å². The number of nitrogens with zero attached hydrogens (tertiary/aromatic N) is 2. The second-order valence-electron chi connectivity index (χ2n) is 5.20. The molecule has 1 amide bonds. The molecule has 0 atom stereocenters. The fourth-order valence-corrected chi connectivity index (χ4v) is 2.32. The quantitative estimate of drug-likeness (QED) is 0.777. The summed E-state index contributed by atoms with van der Waals surface area (Å²) in [6.45, 7) is 2.78. The fourth-order valence-electron chi connectivity index (χ4n) is 2.14. The number of amides is 1. The van der Waals surface area contributed by atoms with Crippen molar-refractivity contribution in [2.24, 2.45) is 0 Å². The van der Waals surface area contributed by atoms with Crippen molar-refractivity contribution >= 4 is 23.6 Å². The molecule has 22 heavy (non-hydrogen) atoms. The van der Waals surface area contributed by atoms with Crippen LogP contribution in [0.2, 0.25) is 5.02 Å². The van der Waals surface area contributed by atoms with Gasteiger partial charge in [-0.3, -0.25) is 4.79 Å². The first-order valence-electron chi connectivity index (χ1n) is 6.79. The number of piperazine rings is 1. The average molecular weight is 333 g/mol. The number of benzene rings is 1. The summed E-state index contributed by atoms with van der Waals surface area (Å²) in [6, 6.07) is 3.04. The van der Waals surface area contributed by atoms with Crippen molar-refractivity contribution in [3.05, 3.63) is 40.4 Å². The molecule has 1 aromatic carbocycles. The minimum absolute atomic E-state index is 0.176. The van der Waals surface area contributed by atoms with Crippen molar-refractivity contribution in [1.29, 1.82) is 0 Å². The maximum absolute atomic E-state index is 12.7. The SMILES string of the molecule is CN1CCN(C(=O)C=Cc2cc(C(F)(F)F)ccc2Cl)CC1. The molecule has 1 aliphatic rings. The number of carbonyl (C=O) groups is 1. The Morgan fingerprint density at radius 1 is 1.23 bits per heavy atom. The van der Waals surface area contributed by atoms with Crippen LogP contribution in [0, 0.1) is 0 Å². The number of hydrogen-bond acceptors (Lipinski definition) is 2. The van der Waals surface area contributed by atoms with E-state index >= 15 is 0 Å². The molecule has 3 nitrogen and oxygen atoms in total. The summed E-state index contributed by atoms with van der Waals surface area (Å²) in [6.07, 6.45) is -1.83. The van der Waals surface area contributed by atoms with Crippen LogP contribution in [0.25, 0.3) is 6.08 Å². The van der Waals surface area contributed by atoms with Gasteiger partial charge in [0.2, 0.25) is 5.91 Å². The normalized spacial score (nSPS) is 17.2. The summed E-state index contributed by atoms with van der Waals surface area (Å²) in [5.41, 5.74) is -0.609. The number of halogens is 4. The van der Waals surface area contributed by atoms with Gasteiger partial charge in [0.05, 0.1) is 5.56 Å². The van der Waals surface area contributed by atoms with Crippen LogP contribution in [-0.2, 0) is 11.0 Å². The minimum Gasteiger partial charge on any atom is -0.337 e. The molecule has 0 saturated carbocycles. The van der Waals surface area contributed by atoms with E-state index in [1.165, 1.54) is 18.2 Å². The lowest BCUT2D eigenvalue weighted by Crippen LogP contribution is -2.46. The summed E-state index contributed by atoms with van der Waals surface area (Å²) >= 11 is 5.88. The van der Waals surface area contributed by atoms with E-state index in [0.29, 0.717) is 13.1 Å². The molecule has 0 spiro atoms. The van der Waals surface area contributed by atoms with Crippen molar-refractivity contribution in [2.45, 2.75) is 6.18 Å². The van der Waals surface area contributed by atoms with E-state index in [2.05, 4.69) is 4.90 Å². The first kappa shape index (κ1) is 16.8. The Kier molecular flexibility index (Phi) is 5.13. The molecule has 0 radical (unpaired) electrons. The Morgan fingerprint density at radius 3 is 2.45 bits per heavy atom. The van der Waals surface area contributed by atoms with Gasteiger partial charge in [-0.05, 0) is 36.9 Å². The maximum Gasteiger partial charge on any atom is 0.416 e. The van der Waals surface area contributed by atoms with Crippen molar-refractivity contribution in [1.82, 2.24) is 9.80 Å². The summed E-state index contributed by atoms with van der Waals surface area (Å²) < 4.78 is 38.0. The minimum atomic E-state index is -4.44. The van der Waals surface area contributed by atoms with Crippen LogP contribution in [0.5, 0.6) is 0 Å². The van der Waals surface area contributed by atoms with Crippen LogP contribution in [0.15, 0.2) is 24.3 Å². The van der Waals surface area contributed by atoms with E-state index in [-0.39, 0.29) is 16.5 Å². The van der Waals surface area contributed by atoms with Crippen molar-refractivity contribution < 1.29 is 18.0 Å². The highest BCUT2D eigenvalue weighted by atomic mass is 35.5. The largest absolute Gasteiger partial charge is 0.416 e. The first-order valence-corrected chi connectivity index (χ1v) is 7.17. The number of carbonyl (C=O) groups excluding carboxylic acids is 1. The molecule has 0 unspecified atom stereocenters. The van der Waals surface area contributed by atoms with Crippen LogP contribution in [0.4, 0.5) is 13.2 Å². The van der Waals surface area contributed by atoms with Crippen LogP contribution in [0.1, 0.15) is 11.1 Å². The predicted octanol–water partition coefficient (Wildman–Crippen LogP) is 3.15. The lowest BCUT2D eigenvalue weighted by Gasteiger charge is -2.31. The van der Waals surface area contributed by atoms with Gasteiger partial charge in [0, 0.05) is 37.3 Å². The molecule has 1 aromatic rings. The third-order valence-electron chi connectivity index (χ3n) is 3.54. The van der Waals surface area contributed by atoms with Crippen LogP contribution < -0.4 is 0 Å². The smallest absolute Gasteiger partial charge is 0.337 e. The molecular weight excluding hydrogens is 317 g/mol. The van der Waals surface area contributed by atoms with E-state index in [0.717, 1.165) is 25.2 Å². The van der Waals surface area contributed by atoms with Gasteiger partial charge in [0.25, 0.3) is 0 Å². The molecule has 0 bridgehead atoms. The average Bonchev–Trinajstić information content (AvgIpc) is 2.45. The lowest BCUT2D eigenvalue weighted by atomic mass is 10.1. The van der Waals surface area contributed by atoms with E-state index < -0.39 is 11.7 Å².